The fourth-order valence-electron chi connectivity index (χ4n) is 1.34. The Bertz CT molecular complexity index is 445. The molecule has 100 valence electrons. The Morgan fingerprint density at radius 1 is 1.44 bits per heavy atom. The maximum Gasteiger partial charge on any atom is 0.416 e. The van der Waals surface area contributed by atoms with Crippen LogP contribution < -0.4 is 5.32 Å². The summed E-state index contributed by atoms with van der Waals surface area (Å²) >= 11 is 5.50. The third-order valence-corrected chi connectivity index (χ3v) is 2.95. The van der Waals surface area contributed by atoms with Crippen LogP contribution in [0.1, 0.15) is 18.1 Å². The first-order chi connectivity index (χ1) is 8.25. The number of halogens is 4. The van der Waals surface area contributed by atoms with Crippen molar-refractivity contribution >= 4 is 23.2 Å². The summed E-state index contributed by atoms with van der Waals surface area (Å²) in [7, 11) is 0. The van der Waals surface area contributed by atoms with Crippen molar-refractivity contribution in [1.29, 1.82) is 0 Å². The van der Waals surface area contributed by atoms with Gasteiger partial charge in [0.2, 0.25) is 5.91 Å². The van der Waals surface area contributed by atoms with Gasteiger partial charge in [0.25, 0.3) is 0 Å². The van der Waals surface area contributed by atoms with Gasteiger partial charge >= 0.3 is 6.18 Å². The summed E-state index contributed by atoms with van der Waals surface area (Å²) in [6.07, 6.45) is -4.43. The van der Waals surface area contributed by atoms with E-state index in [0.717, 1.165) is 6.07 Å². The second-order valence-corrected chi connectivity index (χ2v) is 4.38. The maximum absolute atomic E-state index is 12.7. The van der Waals surface area contributed by atoms with E-state index in [1.165, 1.54) is 19.1 Å². The van der Waals surface area contributed by atoms with Gasteiger partial charge in [-0.1, -0.05) is 13.0 Å². The van der Waals surface area contributed by atoms with Crippen LogP contribution in [0, 0.1) is 12.8 Å². The van der Waals surface area contributed by atoms with Crippen molar-refractivity contribution in [3.8, 4) is 0 Å². The maximum atomic E-state index is 12.7. The molecule has 0 heterocycles. The molecule has 0 fully saturated rings. The Hall–Kier alpha value is -1.23. The number of nitrogens with one attached hydrogen (secondary N) is 1. The third-order valence-electron chi connectivity index (χ3n) is 2.49. The van der Waals surface area contributed by atoms with E-state index in [4.69, 9.17) is 11.6 Å². The van der Waals surface area contributed by atoms with E-state index < -0.39 is 23.6 Å². The van der Waals surface area contributed by atoms with Gasteiger partial charge in [0, 0.05) is 17.5 Å². The number of rotatable bonds is 3. The lowest BCUT2D eigenvalue weighted by atomic mass is 10.1. The molecule has 0 aliphatic heterocycles. The molecule has 2 nitrogen and oxygen atoms in total. The molecule has 0 aliphatic rings. The molecule has 1 amide bonds. The SMILES string of the molecule is Cc1ccc(NC(=O)C(C)CCl)cc1C(F)(F)F. The van der Waals surface area contributed by atoms with Crippen LogP contribution in [0.5, 0.6) is 0 Å². The highest BCUT2D eigenvalue weighted by atomic mass is 35.5. The topological polar surface area (TPSA) is 29.1 Å². The van der Waals surface area contributed by atoms with Crippen LogP contribution in [-0.2, 0) is 11.0 Å². The van der Waals surface area contributed by atoms with Crippen molar-refractivity contribution < 1.29 is 18.0 Å². The zero-order valence-corrected chi connectivity index (χ0v) is 10.7. The molecule has 6 heteroatoms. The molecule has 0 aromatic heterocycles. The first-order valence-electron chi connectivity index (χ1n) is 5.30. The van der Waals surface area contributed by atoms with E-state index in [-0.39, 0.29) is 17.1 Å². The monoisotopic (exact) mass is 279 g/mol. The fourth-order valence-corrected chi connectivity index (χ4v) is 1.48. The smallest absolute Gasteiger partial charge is 0.326 e. The first-order valence-corrected chi connectivity index (χ1v) is 5.84. The Labute approximate surface area is 108 Å². The fraction of sp³-hybridized carbons (Fsp3) is 0.417. The Morgan fingerprint density at radius 2 is 2.06 bits per heavy atom. The molecule has 0 aliphatic carbocycles. The molecule has 1 rings (SSSR count). The van der Waals surface area contributed by atoms with Gasteiger partial charge in [-0.2, -0.15) is 13.2 Å². The molecule has 0 radical (unpaired) electrons. The molecule has 1 N–H and O–H groups in total. The summed E-state index contributed by atoms with van der Waals surface area (Å²) in [5.41, 5.74) is -0.514. The molecule has 1 aromatic carbocycles. The van der Waals surface area contributed by atoms with Crippen molar-refractivity contribution in [2.75, 3.05) is 11.2 Å². The minimum Gasteiger partial charge on any atom is -0.326 e. The second-order valence-electron chi connectivity index (χ2n) is 4.07. The summed E-state index contributed by atoms with van der Waals surface area (Å²) in [5, 5.41) is 2.41. The van der Waals surface area contributed by atoms with Gasteiger partial charge in [-0.05, 0) is 24.6 Å². The van der Waals surface area contributed by atoms with Crippen LogP contribution in [0.15, 0.2) is 18.2 Å². The van der Waals surface area contributed by atoms with Crippen molar-refractivity contribution in [2.45, 2.75) is 20.0 Å². The van der Waals surface area contributed by atoms with Crippen LogP contribution in [-0.4, -0.2) is 11.8 Å². The van der Waals surface area contributed by atoms with Crippen molar-refractivity contribution in [3.05, 3.63) is 29.3 Å². The van der Waals surface area contributed by atoms with Crippen LogP contribution in [0.25, 0.3) is 0 Å². The van der Waals surface area contributed by atoms with Gasteiger partial charge < -0.3 is 5.32 Å². The molecule has 1 atom stereocenters. The summed E-state index contributed by atoms with van der Waals surface area (Å²) in [4.78, 5) is 11.5. The lowest BCUT2D eigenvalue weighted by Crippen LogP contribution is -2.21. The molecule has 0 bridgehead atoms. The predicted octanol–water partition coefficient (Wildman–Crippen LogP) is 3.83. The van der Waals surface area contributed by atoms with Crippen molar-refractivity contribution in [3.63, 3.8) is 0 Å². The summed E-state index contributed by atoms with van der Waals surface area (Å²) in [6.45, 7) is 2.97. The largest absolute Gasteiger partial charge is 0.416 e. The van der Waals surface area contributed by atoms with Gasteiger partial charge in [0.15, 0.2) is 0 Å². The third kappa shape index (κ3) is 3.63. The zero-order chi connectivity index (χ0) is 13.9. The quantitative estimate of drug-likeness (QED) is 0.837. The van der Waals surface area contributed by atoms with E-state index in [2.05, 4.69) is 5.32 Å². The molecule has 0 spiro atoms. The molecule has 1 unspecified atom stereocenters. The molecule has 0 saturated heterocycles. The van der Waals surface area contributed by atoms with Gasteiger partial charge in [-0.3, -0.25) is 4.79 Å². The number of carbonyl (C=O) groups is 1. The molecular formula is C12H13ClF3NO. The van der Waals surface area contributed by atoms with Gasteiger partial charge in [-0.25, -0.2) is 0 Å². The molecule has 1 aromatic rings. The lowest BCUT2D eigenvalue weighted by Gasteiger charge is -2.14. The Kier molecular flexibility index (Phi) is 4.62. The van der Waals surface area contributed by atoms with Crippen molar-refractivity contribution in [1.82, 2.24) is 0 Å². The number of hydrogen-bond donors (Lipinski definition) is 1. The van der Waals surface area contributed by atoms with Crippen LogP contribution in [0.3, 0.4) is 0 Å². The number of carbonyl (C=O) groups excluding carboxylic acids is 1. The van der Waals surface area contributed by atoms with E-state index in [9.17, 15) is 18.0 Å². The summed E-state index contributed by atoms with van der Waals surface area (Å²) < 4.78 is 38.0. The zero-order valence-electron chi connectivity index (χ0n) is 9.94. The van der Waals surface area contributed by atoms with E-state index >= 15 is 0 Å². The Morgan fingerprint density at radius 3 is 2.56 bits per heavy atom. The standard InChI is InChI=1S/C12H13ClF3NO/c1-7-3-4-9(5-10(7)12(14,15)16)17-11(18)8(2)6-13/h3-5,8H,6H2,1-2H3,(H,17,18). The average Bonchev–Trinajstić information content (AvgIpc) is 2.29. The van der Waals surface area contributed by atoms with Crippen molar-refractivity contribution in [2.24, 2.45) is 5.92 Å². The number of alkyl halides is 4. The van der Waals surface area contributed by atoms with Gasteiger partial charge in [0.05, 0.1) is 5.56 Å². The van der Waals surface area contributed by atoms with Gasteiger partial charge in [0.1, 0.15) is 0 Å². The molecular weight excluding hydrogens is 267 g/mol. The number of anilines is 1. The number of amides is 1. The predicted molar refractivity (Wildman–Crippen MR) is 64.7 cm³/mol. The number of hydrogen-bond acceptors (Lipinski definition) is 1. The number of aryl methyl sites for hydroxylation is 1. The molecule has 18 heavy (non-hydrogen) atoms. The van der Waals surface area contributed by atoms with Crippen LogP contribution in [0.2, 0.25) is 0 Å². The van der Waals surface area contributed by atoms with Crippen LogP contribution in [0.4, 0.5) is 18.9 Å². The highest BCUT2D eigenvalue weighted by molar-refractivity contribution is 6.19. The summed E-state index contributed by atoms with van der Waals surface area (Å²) in [5.74, 6) is -0.742. The van der Waals surface area contributed by atoms with E-state index in [1.54, 1.807) is 6.92 Å². The van der Waals surface area contributed by atoms with Gasteiger partial charge in [-0.15, -0.1) is 11.6 Å². The normalized spacial score (nSPS) is 13.2. The number of benzene rings is 1. The van der Waals surface area contributed by atoms with E-state index in [0.29, 0.717) is 0 Å². The minimum atomic E-state index is -4.43. The lowest BCUT2D eigenvalue weighted by molar-refractivity contribution is -0.138. The first kappa shape index (κ1) is 14.8. The molecule has 0 saturated carbocycles. The highest BCUT2D eigenvalue weighted by Crippen LogP contribution is 2.33. The van der Waals surface area contributed by atoms with E-state index in [1.807, 2.05) is 0 Å². The average molecular weight is 280 g/mol. The second kappa shape index (κ2) is 5.61. The summed E-state index contributed by atoms with van der Waals surface area (Å²) in [6, 6.07) is 3.68. The van der Waals surface area contributed by atoms with Crippen LogP contribution >= 0.6 is 11.6 Å². The highest BCUT2D eigenvalue weighted by Gasteiger charge is 2.32. The Balaban J connectivity index is 2.96. The minimum absolute atomic E-state index is 0.115.